The first-order valence-corrected chi connectivity index (χ1v) is 19.1. The predicted octanol–water partition coefficient (Wildman–Crippen LogP) is 0.628. The highest BCUT2D eigenvalue weighted by Crippen LogP contribution is 2.47. The van der Waals surface area contributed by atoms with Crippen molar-refractivity contribution in [1.82, 2.24) is 0 Å². The first-order valence-electron chi connectivity index (χ1n) is 19.1. The number of hydrogen-bond donors (Lipinski definition) is 8. The topological polar surface area (TPSA) is 261 Å². The fourth-order valence-corrected chi connectivity index (χ4v) is 8.12. The molecule has 3 aliphatic heterocycles. The largest absolute Gasteiger partial charge is 0.507 e. The Kier molecular flexibility index (Phi) is 13.0. The minimum absolute atomic E-state index is 0.0375. The summed E-state index contributed by atoms with van der Waals surface area (Å²) >= 11 is 0. The maximum atomic E-state index is 14.6. The highest BCUT2D eigenvalue weighted by atomic mass is 16.7. The molecule has 0 radical (unpaired) electrons. The molecule has 3 fully saturated rings. The number of aromatic hydroxyl groups is 2. The third-order valence-corrected chi connectivity index (χ3v) is 11.5. The van der Waals surface area contributed by atoms with E-state index in [1.807, 2.05) is 0 Å². The van der Waals surface area contributed by atoms with Crippen LogP contribution in [0.2, 0.25) is 0 Å². The van der Waals surface area contributed by atoms with Gasteiger partial charge in [-0.2, -0.15) is 0 Å². The fourth-order valence-electron chi connectivity index (χ4n) is 8.12. The van der Waals surface area contributed by atoms with E-state index in [1.54, 1.807) is 39.8 Å². The van der Waals surface area contributed by atoms with Crippen LogP contribution in [0.3, 0.4) is 0 Å². The zero-order valence-corrected chi connectivity index (χ0v) is 32.2. The molecule has 0 bridgehead atoms. The summed E-state index contributed by atoms with van der Waals surface area (Å²) in [4.78, 5) is 28.2. The summed E-state index contributed by atoms with van der Waals surface area (Å²) in [6.07, 6.45) is -16.2. The van der Waals surface area contributed by atoms with Crippen LogP contribution in [-0.2, 0) is 39.6 Å². The lowest BCUT2D eigenvalue weighted by molar-refractivity contribution is -0.311. The van der Waals surface area contributed by atoms with Gasteiger partial charge in [-0.25, -0.2) is 0 Å². The molecule has 16 atom stereocenters. The third kappa shape index (κ3) is 8.28. The molecule has 0 saturated carbocycles. The van der Waals surface area contributed by atoms with Gasteiger partial charge in [-0.15, -0.1) is 0 Å². The summed E-state index contributed by atoms with van der Waals surface area (Å²) in [6, 6.07) is 3.16. The molecule has 0 aromatic heterocycles. The van der Waals surface area contributed by atoms with Crippen molar-refractivity contribution in [2.75, 3.05) is 7.11 Å². The van der Waals surface area contributed by atoms with Gasteiger partial charge in [0.15, 0.2) is 30.4 Å². The molecule has 312 valence electrons. The second-order valence-electron chi connectivity index (χ2n) is 15.5. The normalized spacial score (nSPS) is 36.8. The molecule has 2 aromatic rings. The van der Waals surface area contributed by atoms with Crippen molar-refractivity contribution in [3.8, 4) is 17.2 Å². The number of rotatable bonds is 11. The summed E-state index contributed by atoms with van der Waals surface area (Å²) < 4.78 is 41.5. The number of phenols is 2. The van der Waals surface area contributed by atoms with E-state index in [-0.39, 0.29) is 52.8 Å². The summed E-state index contributed by atoms with van der Waals surface area (Å²) in [5.41, 5.74) is 0.339. The van der Waals surface area contributed by atoms with Crippen molar-refractivity contribution in [2.45, 2.75) is 159 Å². The number of carbonyl (C=O) groups excluding carboxylic acids is 2. The van der Waals surface area contributed by atoms with Crippen LogP contribution in [0.25, 0.3) is 10.8 Å². The summed E-state index contributed by atoms with van der Waals surface area (Å²) in [5.74, 6) is -3.52. The lowest BCUT2D eigenvalue weighted by Gasteiger charge is -2.43. The Bertz CT molecular complexity index is 1740. The number of ether oxygens (including phenoxy) is 7. The fraction of sp³-hybridized carbons (Fsp3) is 0.692. The molecule has 0 amide bonds. The number of aliphatic hydroxyl groups is 6. The Morgan fingerprint density at radius 2 is 1.48 bits per heavy atom. The van der Waals surface area contributed by atoms with Crippen LogP contribution >= 0.6 is 0 Å². The van der Waals surface area contributed by atoms with E-state index in [0.29, 0.717) is 18.2 Å². The van der Waals surface area contributed by atoms with Gasteiger partial charge in [-0.1, -0.05) is 0 Å². The zero-order chi connectivity index (χ0) is 40.9. The molecule has 17 nitrogen and oxygen atoms in total. The zero-order valence-electron chi connectivity index (χ0n) is 32.2. The molecular weight excluding hydrogens is 740 g/mol. The number of methoxy groups -OCH3 is 1. The van der Waals surface area contributed by atoms with Gasteiger partial charge in [0.1, 0.15) is 47.8 Å². The minimum atomic E-state index is -1.88. The van der Waals surface area contributed by atoms with Crippen molar-refractivity contribution >= 4 is 22.3 Å². The van der Waals surface area contributed by atoms with Crippen molar-refractivity contribution in [3.05, 3.63) is 28.8 Å². The van der Waals surface area contributed by atoms with Crippen molar-refractivity contribution in [2.24, 2.45) is 5.92 Å². The number of aliphatic hydroxyl groups excluding tert-OH is 6. The first kappa shape index (κ1) is 42.6. The maximum Gasteiger partial charge on any atom is 0.200 e. The van der Waals surface area contributed by atoms with E-state index >= 15 is 0 Å². The van der Waals surface area contributed by atoms with Gasteiger partial charge < -0.3 is 74.0 Å². The van der Waals surface area contributed by atoms with Gasteiger partial charge >= 0.3 is 0 Å². The van der Waals surface area contributed by atoms with Crippen LogP contribution in [0.5, 0.6) is 17.2 Å². The summed E-state index contributed by atoms with van der Waals surface area (Å²) in [6.45, 7) is 7.65. The van der Waals surface area contributed by atoms with E-state index in [9.17, 15) is 50.4 Å². The number of carbonyl (C=O) groups is 2. The van der Waals surface area contributed by atoms with Crippen LogP contribution in [-0.4, -0.2) is 152 Å². The van der Waals surface area contributed by atoms with E-state index in [4.69, 9.17) is 33.2 Å². The lowest BCUT2D eigenvalue weighted by atomic mass is 9.75. The Morgan fingerprint density at radius 3 is 2.11 bits per heavy atom. The summed E-state index contributed by atoms with van der Waals surface area (Å²) in [7, 11) is 1.21. The standard InChI is InChI=1S/C39H54O17/c1-14-24(54-26-8-7-22(41)16(3)51-26)11-20-9-19-10-21(38(50-6)37(49)32(44)15(2)40)39(36(48)30(19)35(47)29(20)31(14)43)56-28-13-25(34(46)18(5)53-28)55-27-12-23(42)33(45)17(4)52-27/h9,11,15-18,21-23,25-28,32-34,38-47H,7-8,10,12-13H2,1-6H3/t15-,16-,17-,18-,21+,22+,23-,25-,26+,27+,28+,32+,33+,34-,38+,39+/m1/s1. The average Bonchev–Trinajstić information content (AvgIpc) is 3.14. The smallest absolute Gasteiger partial charge is 0.200 e. The highest BCUT2D eigenvalue weighted by Gasteiger charge is 2.50. The number of hydrogen-bond acceptors (Lipinski definition) is 17. The molecule has 3 heterocycles. The number of benzene rings is 2. The highest BCUT2D eigenvalue weighted by molar-refractivity contribution is 6.11. The predicted molar refractivity (Wildman–Crippen MR) is 193 cm³/mol. The van der Waals surface area contributed by atoms with E-state index in [2.05, 4.69) is 0 Å². The van der Waals surface area contributed by atoms with E-state index in [0.717, 1.165) is 0 Å². The molecule has 4 aliphatic rings. The van der Waals surface area contributed by atoms with Crippen LogP contribution in [0, 0.1) is 12.8 Å². The Labute approximate surface area is 323 Å². The van der Waals surface area contributed by atoms with Gasteiger partial charge in [0.2, 0.25) is 0 Å². The number of fused-ring (bicyclic) bond motifs is 2. The monoisotopic (exact) mass is 794 g/mol. The van der Waals surface area contributed by atoms with Crippen molar-refractivity contribution in [1.29, 1.82) is 0 Å². The number of ketones is 2. The lowest BCUT2D eigenvalue weighted by Crippen LogP contribution is -2.56. The van der Waals surface area contributed by atoms with E-state index in [1.165, 1.54) is 14.0 Å². The van der Waals surface area contributed by atoms with Crippen molar-refractivity contribution < 1.29 is 83.6 Å². The molecule has 0 spiro atoms. The quantitative estimate of drug-likeness (QED) is 0.155. The van der Waals surface area contributed by atoms with Crippen LogP contribution in [0.15, 0.2) is 12.1 Å². The molecule has 56 heavy (non-hydrogen) atoms. The Balaban J connectivity index is 1.35. The second kappa shape index (κ2) is 17.1. The maximum absolute atomic E-state index is 14.6. The molecule has 6 rings (SSSR count). The number of Topliss-reactive ketones (excluding diaryl/α,β-unsaturated/α-hetero) is 2. The third-order valence-electron chi connectivity index (χ3n) is 11.5. The molecule has 8 N–H and O–H groups in total. The van der Waals surface area contributed by atoms with Crippen LogP contribution in [0.4, 0.5) is 0 Å². The minimum Gasteiger partial charge on any atom is -0.507 e. The molecule has 0 unspecified atom stereocenters. The summed E-state index contributed by atoms with van der Waals surface area (Å²) in [5, 5.41) is 85.6. The molecule has 3 saturated heterocycles. The molecule has 2 aromatic carbocycles. The molecule has 1 aliphatic carbocycles. The van der Waals surface area contributed by atoms with Crippen molar-refractivity contribution in [3.63, 3.8) is 0 Å². The Morgan fingerprint density at radius 1 is 0.839 bits per heavy atom. The van der Waals surface area contributed by atoms with Gasteiger partial charge in [0, 0.05) is 37.9 Å². The second-order valence-corrected chi connectivity index (χ2v) is 15.5. The molecular formula is C39H54O17. The number of phenolic OH excluding ortho intramolecular Hbond substituents is 2. The van der Waals surface area contributed by atoms with Crippen LogP contribution < -0.4 is 4.74 Å². The SMILES string of the molecule is CO[C@H](C(=O)[C@@H](O)[C@@H](C)O)[C@@H]1Cc2cc3cc(O[C@H]4CC[C@H](O)[C@@H](C)O4)c(C)c(O)c3c(O)c2C(=O)[C@H]1O[C@H]1C[C@@H](O[C@H]2C[C@@H](O)[C@@H](O)[C@@H](C)O2)[C@H](O)[C@@H](C)O1. The van der Waals surface area contributed by atoms with Gasteiger partial charge in [0.05, 0.1) is 53.7 Å². The average molecular weight is 795 g/mol. The van der Waals surface area contributed by atoms with Crippen LogP contribution in [0.1, 0.15) is 74.9 Å². The first-order chi connectivity index (χ1) is 26.4. The van der Waals surface area contributed by atoms with Gasteiger partial charge in [0.25, 0.3) is 0 Å². The van der Waals surface area contributed by atoms with Gasteiger partial charge in [-0.3, -0.25) is 9.59 Å². The Hall–Kier alpha value is -3.04. The van der Waals surface area contributed by atoms with Gasteiger partial charge in [-0.05, 0) is 70.5 Å². The molecule has 17 heteroatoms. The van der Waals surface area contributed by atoms with E-state index < -0.39 is 115 Å².